The molecule has 0 bridgehead atoms. The van der Waals surface area contributed by atoms with Gasteiger partial charge in [0.05, 0.1) is 0 Å². The number of hydrazine groups is 1. The summed E-state index contributed by atoms with van der Waals surface area (Å²) in [7, 11) is 0. The average molecular weight is 253 g/mol. The van der Waals surface area contributed by atoms with Gasteiger partial charge in [0.1, 0.15) is 17.5 Å². The van der Waals surface area contributed by atoms with Crippen LogP contribution in [0.1, 0.15) is 39.4 Å². The first-order valence-electron chi connectivity index (χ1n) is 6.08. The maximum absolute atomic E-state index is 9.21. The van der Waals surface area contributed by atoms with E-state index in [2.05, 4.69) is 20.7 Å². The number of aliphatic hydroxyl groups is 1. The summed E-state index contributed by atoms with van der Waals surface area (Å²) in [5.74, 6) is 7.64. The first-order chi connectivity index (χ1) is 8.38. The molecule has 0 aliphatic heterocycles. The lowest BCUT2D eigenvalue weighted by atomic mass is 9.95. The van der Waals surface area contributed by atoms with E-state index in [1.165, 1.54) is 0 Å². The molecule has 0 unspecified atom stereocenters. The molecule has 0 aliphatic carbocycles. The molecule has 0 saturated carbocycles. The minimum absolute atomic E-state index is 0.115. The molecule has 6 heteroatoms. The van der Waals surface area contributed by atoms with Gasteiger partial charge < -0.3 is 15.8 Å². The van der Waals surface area contributed by atoms with Gasteiger partial charge in [-0.25, -0.2) is 15.8 Å². The molecule has 0 fully saturated rings. The van der Waals surface area contributed by atoms with E-state index in [-0.39, 0.29) is 17.9 Å². The minimum Gasteiger partial charge on any atom is -0.396 e. The van der Waals surface area contributed by atoms with Crippen LogP contribution in [0.15, 0.2) is 6.07 Å². The Hall–Kier alpha value is -1.40. The Kier molecular flexibility index (Phi) is 4.86. The maximum atomic E-state index is 9.21. The molecule has 1 aromatic rings. The Balaban J connectivity index is 2.85. The zero-order valence-electron chi connectivity index (χ0n) is 11.5. The van der Waals surface area contributed by atoms with Crippen molar-refractivity contribution in [3.63, 3.8) is 0 Å². The van der Waals surface area contributed by atoms with Crippen molar-refractivity contribution in [2.24, 2.45) is 11.3 Å². The average Bonchev–Trinajstić information content (AvgIpc) is 2.36. The molecule has 0 spiro atoms. The van der Waals surface area contributed by atoms with E-state index in [0.29, 0.717) is 18.2 Å². The normalized spacial score (nSPS) is 11.7. The molecule has 1 aromatic heterocycles. The zero-order valence-corrected chi connectivity index (χ0v) is 11.5. The number of anilines is 2. The highest BCUT2D eigenvalue weighted by Crippen LogP contribution is 2.19. The molecule has 5 N–H and O–H groups in total. The number of nitrogens with zero attached hydrogens (tertiary/aromatic N) is 2. The number of aliphatic hydroxyl groups excluding tert-OH is 1. The van der Waals surface area contributed by atoms with Crippen LogP contribution < -0.4 is 16.6 Å². The van der Waals surface area contributed by atoms with Gasteiger partial charge >= 0.3 is 0 Å². The Morgan fingerprint density at radius 1 is 1.33 bits per heavy atom. The molecule has 0 radical (unpaired) electrons. The van der Waals surface area contributed by atoms with Crippen LogP contribution in [0.3, 0.4) is 0 Å². The standard InChI is InChI=1S/C12H23N5O/c1-8(2)11-15-9(5-10(16-11)17-13)14-6-12(3,4)7-18/h5,8,18H,6-7,13H2,1-4H3,(H2,14,15,16,17). The second kappa shape index (κ2) is 5.97. The lowest BCUT2D eigenvalue weighted by molar-refractivity contribution is 0.170. The highest BCUT2D eigenvalue weighted by Gasteiger charge is 2.17. The van der Waals surface area contributed by atoms with Gasteiger partial charge in [0, 0.05) is 30.6 Å². The summed E-state index contributed by atoms with van der Waals surface area (Å²) in [4.78, 5) is 8.70. The van der Waals surface area contributed by atoms with Crippen molar-refractivity contribution in [1.29, 1.82) is 0 Å². The Morgan fingerprint density at radius 2 is 1.94 bits per heavy atom. The van der Waals surface area contributed by atoms with Crippen LogP contribution in [0.5, 0.6) is 0 Å². The monoisotopic (exact) mass is 253 g/mol. The summed E-state index contributed by atoms with van der Waals surface area (Å²) in [5, 5.41) is 12.4. The van der Waals surface area contributed by atoms with E-state index < -0.39 is 0 Å². The van der Waals surface area contributed by atoms with Crippen LogP contribution >= 0.6 is 0 Å². The van der Waals surface area contributed by atoms with Gasteiger partial charge in [0.25, 0.3) is 0 Å². The van der Waals surface area contributed by atoms with Crippen molar-refractivity contribution in [1.82, 2.24) is 9.97 Å². The van der Waals surface area contributed by atoms with Crippen LogP contribution in [0.25, 0.3) is 0 Å². The van der Waals surface area contributed by atoms with Gasteiger partial charge in [-0.15, -0.1) is 0 Å². The van der Waals surface area contributed by atoms with E-state index in [9.17, 15) is 5.11 Å². The van der Waals surface area contributed by atoms with Crippen LogP contribution in [0.2, 0.25) is 0 Å². The number of nitrogens with two attached hydrogens (primary N) is 1. The van der Waals surface area contributed by atoms with Crippen molar-refractivity contribution >= 4 is 11.6 Å². The van der Waals surface area contributed by atoms with Crippen molar-refractivity contribution in [3.8, 4) is 0 Å². The molecule has 6 nitrogen and oxygen atoms in total. The van der Waals surface area contributed by atoms with Gasteiger partial charge in [0.2, 0.25) is 0 Å². The van der Waals surface area contributed by atoms with Gasteiger partial charge in [0.15, 0.2) is 0 Å². The van der Waals surface area contributed by atoms with E-state index in [1.54, 1.807) is 6.07 Å². The Labute approximate surface area is 108 Å². The Morgan fingerprint density at radius 3 is 2.44 bits per heavy atom. The molecular formula is C12H23N5O. The summed E-state index contributed by atoms with van der Waals surface area (Å²) >= 11 is 0. The molecule has 0 aromatic carbocycles. The highest BCUT2D eigenvalue weighted by atomic mass is 16.3. The minimum atomic E-state index is -0.195. The van der Waals surface area contributed by atoms with E-state index >= 15 is 0 Å². The number of nitrogen functional groups attached to an aromatic ring is 1. The molecule has 102 valence electrons. The van der Waals surface area contributed by atoms with Gasteiger partial charge in [-0.3, -0.25) is 0 Å². The summed E-state index contributed by atoms with van der Waals surface area (Å²) < 4.78 is 0. The maximum Gasteiger partial charge on any atom is 0.145 e. The van der Waals surface area contributed by atoms with E-state index in [4.69, 9.17) is 5.84 Å². The number of aromatic nitrogens is 2. The smallest absolute Gasteiger partial charge is 0.145 e. The third-order valence-electron chi connectivity index (χ3n) is 2.58. The lowest BCUT2D eigenvalue weighted by Gasteiger charge is -2.22. The second-order valence-electron chi connectivity index (χ2n) is 5.47. The Bertz CT molecular complexity index is 392. The van der Waals surface area contributed by atoms with Crippen LogP contribution in [0.4, 0.5) is 11.6 Å². The molecule has 0 amide bonds. The molecule has 0 atom stereocenters. The summed E-state index contributed by atoms with van der Waals surface area (Å²) in [6, 6.07) is 1.75. The van der Waals surface area contributed by atoms with Crippen LogP contribution in [0, 0.1) is 5.41 Å². The number of hydrogen-bond acceptors (Lipinski definition) is 6. The van der Waals surface area contributed by atoms with Crippen LogP contribution in [-0.2, 0) is 0 Å². The summed E-state index contributed by atoms with van der Waals surface area (Å²) in [6.45, 7) is 8.75. The second-order valence-corrected chi connectivity index (χ2v) is 5.47. The fourth-order valence-electron chi connectivity index (χ4n) is 1.27. The predicted octanol–water partition coefficient (Wildman–Crippen LogP) is 1.32. The number of rotatable bonds is 6. The summed E-state index contributed by atoms with van der Waals surface area (Å²) in [5.41, 5.74) is 2.34. The van der Waals surface area contributed by atoms with Crippen molar-refractivity contribution < 1.29 is 5.11 Å². The molecule has 18 heavy (non-hydrogen) atoms. The van der Waals surface area contributed by atoms with Crippen molar-refractivity contribution in [2.75, 3.05) is 23.9 Å². The van der Waals surface area contributed by atoms with E-state index in [0.717, 1.165) is 5.82 Å². The topological polar surface area (TPSA) is 96.1 Å². The highest BCUT2D eigenvalue weighted by molar-refractivity contribution is 5.47. The predicted molar refractivity (Wildman–Crippen MR) is 73.3 cm³/mol. The number of nitrogens with one attached hydrogen (secondary N) is 2. The third kappa shape index (κ3) is 4.12. The van der Waals surface area contributed by atoms with Gasteiger partial charge in [-0.2, -0.15) is 0 Å². The van der Waals surface area contributed by atoms with E-state index in [1.807, 2.05) is 27.7 Å². The first kappa shape index (κ1) is 14.7. The van der Waals surface area contributed by atoms with Crippen molar-refractivity contribution in [2.45, 2.75) is 33.6 Å². The molecular weight excluding hydrogens is 230 g/mol. The number of hydrogen-bond donors (Lipinski definition) is 4. The fourth-order valence-corrected chi connectivity index (χ4v) is 1.27. The third-order valence-corrected chi connectivity index (χ3v) is 2.58. The van der Waals surface area contributed by atoms with Gasteiger partial charge in [-0.05, 0) is 0 Å². The quantitative estimate of drug-likeness (QED) is 0.451. The SMILES string of the molecule is CC(C)c1nc(NN)cc(NCC(C)(C)CO)n1. The van der Waals surface area contributed by atoms with Crippen LogP contribution in [-0.4, -0.2) is 28.2 Å². The lowest BCUT2D eigenvalue weighted by Crippen LogP contribution is -2.27. The van der Waals surface area contributed by atoms with Crippen molar-refractivity contribution in [3.05, 3.63) is 11.9 Å². The van der Waals surface area contributed by atoms with Gasteiger partial charge in [-0.1, -0.05) is 27.7 Å². The summed E-state index contributed by atoms with van der Waals surface area (Å²) in [6.07, 6.45) is 0. The molecule has 0 aliphatic rings. The molecule has 1 rings (SSSR count). The largest absolute Gasteiger partial charge is 0.396 e. The fraction of sp³-hybridized carbons (Fsp3) is 0.667. The first-order valence-corrected chi connectivity index (χ1v) is 6.08. The molecule has 1 heterocycles. The zero-order chi connectivity index (χ0) is 13.8. The molecule has 0 saturated heterocycles.